The monoisotopic (exact) mass is 231 g/mol. The number of halogens is 4. The van der Waals surface area contributed by atoms with E-state index in [2.05, 4.69) is 4.74 Å². The zero-order chi connectivity index (χ0) is 12.3. The average Bonchev–Trinajstić information content (AvgIpc) is 1.97. The molecule has 0 aliphatic rings. The molecule has 0 spiro atoms. The van der Waals surface area contributed by atoms with Crippen LogP contribution in [0.4, 0.5) is 22.4 Å². The largest absolute Gasteiger partial charge is 0.444 e. The number of ether oxygens (including phenoxy) is 1. The minimum atomic E-state index is -4.24. The molecular formula is C8H13F4NO2. The summed E-state index contributed by atoms with van der Waals surface area (Å²) < 4.78 is 52.5. The molecule has 0 saturated heterocycles. The van der Waals surface area contributed by atoms with Gasteiger partial charge in [-0.25, -0.2) is 13.6 Å². The lowest BCUT2D eigenvalue weighted by Crippen LogP contribution is -2.43. The number of hydrogen-bond acceptors (Lipinski definition) is 2. The Bertz CT molecular complexity index is 225. The number of hydrogen-bond donors (Lipinski definition) is 1. The van der Waals surface area contributed by atoms with E-state index in [1.807, 2.05) is 0 Å². The van der Waals surface area contributed by atoms with Gasteiger partial charge in [0, 0.05) is 0 Å². The van der Waals surface area contributed by atoms with Gasteiger partial charge in [0.05, 0.1) is 6.54 Å². The van der Waals surface area contributed by atoms with Gasteiger partial charge < -0.3 is 10.1 Å². The van der Waals surface area contributed by atoms with E-state index in [-0.39, 0.29) is 0 Å². The van der Waals surface area contributed by atoms with Gasteiger partial charge in [-0.15, -0.1) is 0 Å². The third-order valence-corrected chi connectivity index (χ3v) is 1.19. The molecule has 0 aromatic rings. The van der Waals surface area contributed by atoms with Crippen molar-refractivity contribution in [3.8, 4) is 0 Å². The molecule has 0 atom stereocenters. The molecule has 0 aromatic carbocycles. The molecule has 15 heavy (non-hydrogen) atoms. The molecule has 0 bridgehead atoms. The predicted molar refractivity (Wildman–Crippen MR) is 45.2 cm³/mol. The molecule has 0 heterocycles. The van der Waals surface area contributed by atoms with E-state index in [0.29, 0.717) is 0 Å². The van der Waals surface area contributed by atoms with Crippen LogP contribution < -0.4 is 5.32 Å². The Morgan fingerprint density at radius 3 is 2.13 bits per heavy atom. The van der Waals surface area contributed by atoms with Crippen LogP contribution in [-0.4, -0.2) is 30.6 Å². The maximum atomic E-state index is 12.3. The molecule has 0 unspecified atom stereocenters. The summed E-state index contributed by atoms with van der Waals surface area (Å²) in [6, 6.07) is 0. The van der Waals surface area contributed by atoms with Gasteiger partial charge in [0.25, 0.3) is 0 Å². The van der Waals surface area contributed by atoms with Gasteiger partial charge in [-0.2, -0.15) is 8.78 Å². The fourth-order valence-electron chi connectivity index (χ4n) is 0.581. The van der Waals surface area contributed by atoms with Gasteiger partial charge in [-0.05, 0) is 20.8 Å². The lowest BCUT2D eigenvalue weighted by molar-refractivity contribution is -0.124. The van der Waals surface area contributed by atoms with Crippen LogP contribution in [0.25, 0.3) is 0 Å². The molecule has 0 radical (unpaired) electrons. The van der Waals surface area contributed by atoms with Crippen LogP contribution in [0.2, 0.25) is 0 Å². The molecule has 7 heteroatoms. The molecule has 1 amide bonds. The average molecular weight is 231 g/mol. The van der Waals surface area contributed by atoms with Gasteiger partial charge in [0.2, 0.25) is 0 Å². The van der Waals surface area contributed by atoms with Crippen molar-refractivity contribution in [2.24, 2.45) is 0 Å². The lowest BCUT2D eigenvalue weighted by Gasteiger charge is -2.21. The molecule has 3 nitrogen and oxygen atoms in total. The number of carbonyl (C=O) groups is 1. The molecule has 0 saturated carbocycles. The van der Waals surface area contributed by atoms with Crippen LogP contribution >= 0.6 is 0 Å². The second-order valence-electron chi connectivity index (χ2n) is 3.92. The highest BCUT2D eigenvalue weighted by Crippen LogP contribution is 2.21. The fourth-order valence-corrected chi connectivity index (χ4v) is 0.581. The highest BCUT2D eigenvalue weighted by atomic mass is 19.3. The van der Waals surface area contributed by atoms with E-state index in [0.717, 1.165) is 0 Å². The SMILES string of the molecule is CC(C)(C)OC(=O)NCC(F)(F)C(F)F. The molecule has 0 aliphatic heterocycles. The standard InChI is InChI=1S/C8H13F4NO2/c1-7(2,3)15-6(14)13-4-8(11,12)5(9)10/h5H,4H2,1-3H3,(H,13,14). The molecule has 0 rings (SSSR count). The summed E-state index contributed by atoms with van der Waals surface area (Å²) in [5, 5.41) is 1.57. The Kier molecular flexibility index (Phi) is 4.36. The first-order valence-electron chi connectivity index (χ1n) is 4.17. The quantitative estimate of drug-likeness (QED) is 0.757. The highest BCUT2D eigenvalue weighted by Gasteiger charge is 2.41. The van der Waals surface area contributed by atoms with Crippen LogP contribution in [0.5, 0.6) is 0 Å². The maximum Gasteiger partial charge on any atom is 0.407 e. The van der Waals surface area contributed by atoms with Gasteiger partial charge in [-0.1, -0.05) is 0 Å². The van der Waals surface area contributed by atoms with Crippen LogP contribution in [0, 0.1) is 0 Å². The number of alkyl halides is 4. The predicted octanol–water partition coefficient (Wildman–Crippen LogP) is 2.41. The molecular weight excluding hydrogens is 218 g/mol. The fraction of sp³-hybridized carbons (Fsp3) is 0.875. The van der Waals surface area contributed by atoms with Gasteiger partial charge in [0.15, 0.2) is 0 Å². The maximum absolute atomic E-state index is 12.3. The second-order valence-corrected chi connectivity index (χ2v) is 3.92. The minimum Gasteiger partial charge on any atom is -0.444 e. The summed E-state index contributed by atoms with van der Waals surface area (Å²) in [6.07, 6.45) is -4.96. The molecule has 1 N–H and O–H groups in total. The number of amides is 1. The Labute approximate surface area is 84.8 Å². The van der Waals surface area contributed by atoms with Crippen LogP contribution in [0.3, 0.4) is 0 Å². The first-order valence-corrected chi connectivity index (χ1v) is 4.17. The number of alkyl carbamates (subject to hydrolysis) is 1. The van der Waals surface area contributed by atoms with Gasteiger partial charge in [0.1, 0.15) is 5.60 Å². The second kappa shape index (κ2) is 4.67. The van der Waals surface area contributed by atoms with Gasteiger partial charge >= 0.3 is 18.4 Å². The topological polar surface area (TPSA) is 38.3 Å². The van der Waals surface area contributed by atoms with Crippen molar-refractivity contribution in [2.75, 3.05) is 6.54 Å². The van der Waals surface area contributed by atoms with Crippen molar-refractivity contribution in [3.05, 3.63) is 0 Å². The van der Waals surface area contributed by atoms with Crippen molar-refractivity contribution in [1.82, 2.24) is 5.32 Å². The van der Waals surface area contributed by atoms with E-state index in [4.69, 9.17) is 0 Å². The molecule has 0 aliphatic carbocycles. The normalized spacial score (nSPS) is 12.8. The number of carbonyl (C=O) groups excluding carboxylic acids is 1. The van der Waals surface area contributed by atoms with Crippen molar-refractivity contribution < 1.29 is 27.1 Å². The van der Waals surface area contributed by atoms with Crippen molar-refractivity contribution in [1.29, 1.82) is 0 Å². The minimum absolute atomic E-state index is 0.857. The van der Waals surface area contributed by atoms with Crippen LogP contribution in [0.1, 0.15) is 20.8 Å². The summed E-state index contributed by atoms with van der Waals surface area (Å²) in [7, 11) is 0. The van der Waals surface area contributed by atoms with Crippen molar-refractivity contribution >= 4 is 6.09 Å². The zero-order valence-electron chi connectivity index (χ0n) is 8.61. The number of nitrogens with one attached hydrogen (secondary N) is 1. The van der Waals surface area contributed by atoms with E-state index in [9.17, 15) is 22.4 Å². The lowest BCUT2D eigenvalue weighted by atomic mass is 10.2. The Morgan fingerprint density at radius 2 is 1.80 bits per heavy atom. The third-order valence-electron chi connectivity index (χ3n) is 1.19. The third kappa shape index (κ3) is 6.14. The molecule has 0 fully saturated rings. The Hall–Kier alpha value is -1.01. The first kappa shape index (κ1) is 14.0. The summed E-state index contributed by atoms with van der Waals surface area (Å²) >= 11 is 0. The number of rotatable bonds is 3. The van der Waals surface area contributed by atoms with Gasteiger partial charge in [-0.3, -0.25) is 0 Å². The summed E-state index contributed by atoms with van der Waals surface area (Å²) in [6.45, 7) is 3.13. The highest BCUT2D eigenvalue weighted by molar-refractivity contribution is 5.67. The van der Waals surface area contributed by atoms with E-state index < -0.39 is 30.6 Å². The summed E-state index contributed by atoms with van der Waals surface area (Å²) in [4.78, 5) is 10.8. The summed E-state index contributed by atoms with van der Waals surface area (Å²) in [5.74, 6) is -4.24. The molecule has 0 aromatic heterocycles. The Morgan fingerprint density at radius 1 is 1.33 bits per heavy atom. The van der Waals surface area contributed by atoms with Crippen LogP contribution in [0.15, 0.2) is 0 Å². The van der Waals surface area contributed by atoms with E-state index in [1.165, 1.54) is 20.8 Å². The van der Waals surface area contributed by atoms with E-state index >= 15 is 0 Å². The van der Waals surface area contributed by atoms with Crippen LogP contribution in [-0.2, 0) is 4.74 Å². The molecule has 90 valence electrons. The first-order chi connectivity index (χ1) is 6.54. The zero-order valence-corrected chi connectivity index (χ0v) is 8.61. The smallest absolute Gasteiger partial charge is 0.407 e. The summed E-state index contributed by atoms with van der Waals surface area (Å²) in [5.41, 5.74) is -0.857. The Balaban J connectivity index is 4.02. The van der Waals surface area contributed by atoms with E-state index in [1.54, 1.807) is 5.32 Å². The van der Waals surface area contributed by atoms with Crippen molar-refractivity contribution in [3.63, 3.8) is 0 Å². The van der Waals surface area contributed by atoms with Crippen molar-refractivity contribution in [2.45, 2.75) is 38.7 Å².